The van der Waals surface area contributed by atoms with E-state index in [4.69, 9.17) is 0 Å². The SMILES string of the molecule is CCC[C@H](NC(=O)[C@@H]1[C@H]2CCC[C@H]2CN1C(=O)[C@@H](NC(=O)O)C(C)(C)C)C(O)C(=O)NC1CC1. The van der Waals surface area contributed by atoms with Crippen molar-refractivity contribution in [2.45, 2.75) is 103 Å². The molecule has 10 heteroatoms. The highest BCUT2D eigenvalue weighted by molar-refractivity contribution is 5.93. The van der Waals surface area contributed by atoms with Crippen LogP contribution in [0.4, 0.5) is 4.79 Å². The highest BCUT2D eigenvalue weighted by Gasteiger charge is 2.52. The number of carbonyl (C=O) groups excluding carboxylic acids is 3. The van der Waals surface area contributed by atoms with Gasteiger partial charge < -0.3 is 31.1 Å². The molecule has 1 saturated heterocycles. The van der Waals surface area contributed by atoms with Gasteiger partial charge >= 0.3 is 6.09 Å². The third-order valence-corrected chi connectivity index (χ3v) is 7.32. The molecule has 0 aromatic heterocycles. The zero-order chi connectivity index (χ0) is 25.2. The van der Waals surface area contributed by atoms with E-state index in [1.165, 1.54) is 4.90 Å². The third kappa shape index (κ3) is 6.00. The van der Waals surface area contributed by atoms with Gasteiger partial charge in [0.15, 0.2) is 6.10 Å². The van der Waals surface area contributed by atoms with Gasteiger partial charge in [0.1, 0.15) is 12.1 Å². The molecule has 192 valence electrons. The molecular weight excluding hydrogens is 440 g/mol. The molecule has 2 saturated carbocycles. The summed E-state index contributed by atoms with van der Waals surface area (Å²) in [6, 6.07) is -2.42. The van der Waals surface area contributed by atoms with Crippen LogP contribution in [0.15, 0.2) is 0 Å². The number of aliphatic hydroxyl groups excluding tert-OH is 1. The van der Waals surface area contributed by atoms with E-state index in [-0.39, 0.29) is 23.8 Å². The second kappa shape index (κ2) is 10.5. The fourth-order valence-electron chi connectivity index (χ4n) is 5.39. The van der Waals surface area contributed by atoms with Gasteiger partial charge in [-0.1, -0.05) is 40.5 Å². The summed E-state index contributed by atoms with van der Waals surface area (Å²) < 4.78 is 0. The number of rotatable bonds is 9. The van der Waals surface area contributed by atoms with E-state index < -0.39 is 47.6 Å². The molecule has 0 bridgehead atoms. The highest BCUT2D eigenvalue weighted by atomic mass is 16.4. The summed E-state index contributed by atoms with van der Waals surface area (Å²) in [6.07, 6.45) is 2.90. The van der Waals surface area contributed by atoms with Gasteiger partial charge in [-0.05, 0) is 49.4 Å². The van der Waals surface area contributed by atoms with Crippen LogP contribution >= 0.6 is 0 Å². The molecule has 0 aromatic rings. The number of carboxylic acid groups (broad SMARTS) is 1. The van der Waals surface area contributed by atoms with Crippen LogP contribution in [0, 0.1) is 17.3 Å². The lowest BCUT2D eigenvalue weighted by Crippen LogP contribution is -2.60. The Hall–Kier alpha value is -2.36. The van der Waals surface area contributed by atoms with Gasteiger partial charge in [0.05, 0.1) is 6.04 Å². The van der Waals surface area contributed by atoms with Gasteiger partial charge in [0.2, 0.25) is 11.8 Å². The number of nitrogens with one attached hydrogen (secondary N) is 3. The summed E-state index contributed by atoms with van der Waals surface area (Å²) >= 11 is 0. The molecule has 3 rings (SSSR count). The fraction of sp³-hybridized carbons (Fsp3) is 0.833. The predicted molar refractivity (Wildman–Crippen MR) is 125 cm³/mol. The molecule has 1 heterocycles. The van der Waals surface area contributed by atoms with Gasteiger partial charge in [-0.25, -0.2) is 4.79 Å². The van der Waals surface area contributed by atoms with Crippen LogP contribution in [0.1, 0.15) is 72.6 Å². The minimum atomic E-state index is -1.37. The van der Waals surface area contributed by atoms with E-state index in [1.54, 1.807) is 20.8 Å². The van der Waals surface area contributed by atoms with E-state index >= 15 is 0 Å². The fourth-order valence-corrected chi connectivity index (χ4v) is 5.39. The van der Waals surface area contributed by atoms with Crippen LogP contribution < -0.4 is 16.0 Å². The van der Waals surface area contributed by atoms with Crippen molar-refractivity contribution < 1.29 is 29.4 Å². The maximum Gasteiger partial charge on any atom is 0.405 e. The molecule has 10 nitrogen and oxygen atoms in total. The van der Waals surface area contributed by atoms with Crippen molar-refractivity contribution in [2.24, 2.45) is 17.3 Å². The Bertz CT molecular complexity index is 793. The van der Waals surface area contributed by atoms with Crippen molar-refractivity contribution in [3.63, 3.8) is 0 Å². The number of nitrogens with zero attached hydrogens (tertiary/aromatic N) is 1. The molecular formula is C24H40N4O6. The Labute approximate surface area is 201 Å². The number of carbonyl (C=O) groups is 4. The van der Waals surface area contributed by atoms with Gasteiger partial charge in [-0.3, -0.25) is 14.4 Å². The average molecular weight is 481 g/mol. The van der Waals surface area contributed by atoms with Crippen LogP contribution in [-0.2, 0) is 14.4 Å². The number of likely N-dealkylation sites (tertiary alicyclic amines) is 1. The Balaban J connectivity index is 1.79. The predicted octanol–water partition coefficient (Wildman–Crippen LogP) is 1.22. The zero-order valence-electron chi connectivity index (χ0n) is 20.7. The molecule has 0 aromatic carbocycles. The molecule has 2 aliphatic carbocycles. The number of fused-ring (bicyclic) bond motifs is 1. The van der Waals surface area contributed by atoms with Crippen LogP contribution in [0.2, 0.25) is 0 Å². The lowest BCUT2D eigenvalue weighted by molar-refractivity contribution is -0.144. The van der Waals surface area contributed by atoms with Crippen molar-refractivity contribution in [2.75, 3.05) is 6.54 Å². The molecule has 6 atom stereocenters. The Morgan fingerprint density at radius 2 is 1.74 bits per heavy atom. The van der Waals surface area contributed by atoms with E-state index in [0.717, 1.165) is 32.1 Å². The summed E-state index contributed by atoms with van der Waals surface area (Å²) in [5, 5.41) is 27.9. The molecule has 1 aliphatic heterocycles. The molecule has 4 amide bonds. The van der Waals surface area contributed by atoms with Crippen molar-refractivity contribution in [1.82, 2.24) is 20.9 Å². The maximum absolute atomic E-state index is 13.6. The Morgan fingerprint density at radius 1 is 1.06 bits per heavy atom. The van der Waals surface area contributed by atoms with Crippen molar-refractivity contribution in [1.29, 1.82) is 0 Å². The molecule has 0 spiro atoms. The maximum atomic E-state index is 13.6. The minimum absolute atomic E-state index is 0.0193. The quantitative estimate of drug-likeness (QED) is 0.335. The number of aliphatic hydroxyl groups is 1. The average Bonchev–Trinajstić information content (AvgIpc) is 3.30. The summed E-state index contributed by atoms with van der Waals surface area (Å²) in [5.41, 5.74) is -0.684. The monoisotopic (exact) mass is 480 g/mol. The minimum Gasteiger partial charge on any atom is -0.465 e. The molecule has 0 radical (unpaired) electrons. The first-order chi connectivity index (χ1) is 15.9. The normalized spacial score (nSPS) is 26.9. The summed E-state index contributed by atoms with van der Waals surface area (Å²) in [5.74, 6) is -1.13. The summed E-state index contributed by atoms with van der Waals surface area (Å²) in [6.45, 7) is 7.66. The van der Waals surface area contributed by atoms with Crippen LogP contribution in [0.5, 0.6) is 0 Å². The molecule has 1 unspecified atom stereocenters. The lowest BCUT2D eigenvalue weighted by Gasteiger charge is -2.36. The highest BCUT2D eigenvalue weighted by Crippen LogP contribution is 2.43. The van der Waals surface area contributed by atoms with Crippen molar-refractivity contribution >= 4 is 23.8 Å². The van der Waals surface area contributed by atoms with Gasteiger partial charge in [0, 0.05) is 12.6 Å². The van der Waals surface area contributed by atoms with Crippen LogP contribution in [-0.4, -0.2) is 75.7 Å². The van der Waals surface area contributed by atoms with Crippen LogP contribution in [0.3, 0.4) is 0 Å². The molecule has 3 aliphatic rings. The second-order valence-electron chi connectivity index (χ2n) is 11.2. The topological polar surface area (TPSA) is 148 Å². The molecule has 3 fully saturated rings. The Kier molecular flexibility index (Phi) is 8.10. The van der Waals surface area contributed by atoms with Gasteiger partial charge in [0.25, 0.3) is 5.91 Å². The first-order valence-electron chi connectivity index (χ1n) is 12.5. The summed E-state index contributed by atoms with van der Waals surface area (Å²) in [4.78, 5) is 52.5. The van der Waals surface area contributed by atoms with E-state index in [1.807, 2.05) is 6.92 Å². The van der Waals surface area contributed by atoms with Gasteiger partial charge in [-0.2, -0.15) is 0 Å². The lowest BCUT2D eigenvalue weighted by atomic mass is 9.85. The Morgan fingerprint density at radius 3 is 2.29 bits per heavy atom. The first-order valence-corrected chi connectivity index (χ1v) is 12.5. The largest absolute Gasteiger partial charge is 0.465 e. The zero-order valence-corrected chi connectivity index (χ0v) is 20.7. The van der Waals surface area contributed by atoms with E-state index in [9.17, 15) is 29.4 Å². The van der Waals surface area contributed by atoms with Crippen molar-refractivity contribution in [3.05, 3.63) is 0 Å². The number of hydrogen-bond donors (Lipinski definition) is 5. The van der Waals surface area contributed by atoms with E-state index in [0.29, 0.717) is 19.4 Å². The number of amides is 4. The molecule has 34 heavy (non-hydrogen) atoms. The smallest absolute Gasteiger partial charge is 0.405 e. The second-order valence-corrected chi connectivity index (χ2v) is 11.2. The third-order valence-electron chi connectivity index (χ3n) is 7.32. The summed E-state index contributed by atoms with van der Waals surface area (Å²) in [7, 11) is 0. The first kappa shape index (κ1) is 26.2. The molecule has 5 N–H and O–H groups in total. The van der Waals surface area contributed by atoms with Crippen LogP contribution in [0.25, 0.3) is 0 Å². The standard InChI is InChI=1S/C24H40N4O6/c1-5-7-16(18(29)21(31)25-14-10-11-14)26-20(30)17-15-9-6-8-13(15)12-28(17)22(32)19(24(2,3)4)27-23(33)34/h13-19,27,29H,5-12H2,1-4H3,(H,25,31)(H,26,30)(H,33,34)/t13-,15-,16-,17-,18?,19+/m0/s1. The van der Waals surface area contributed by atoms with Gasteiger partial charge in [-0.15, -0.1) is 0 Å². The van der Waals surface area contributed by atoms with Crippen molar-refractivity contribution in [3.8, 4) is 0 Å². The number of hydrogen-bond acceptors (Lipinski definition) is 5. The van der Waals surface area contributed by atoms with E-state index in [2.05, 4.69) is 16.0 Å².